The lowest BCUT2D eigenvalue weighted by molar-refractivity contribution is -0.138. The average molecular weight is 285 g/mol. The van der Waals surface area contributed by atoms with E-state index >= 15 is 0 Å². The normalized spacial score (nSPS) is 18.1. The van der Waals surface area contributed by atoms with Crippen molar-refractivity contribution in [1.29, 1.82) is 0 Å². The minimum atomic E-state index is -0.921. The number of urea groups is 1. The second-order valence-electron chi connectivity index (χ2n) is 6.59. The Labute approximate surface area is 120 Å². The van der Waals surface area contributed by atoms with Gasteiger partial charge in [0.15, 0.2) is 0 Å². The van der Waals surface area contributed by atoms with Crippen molar-refractivity contribution in [1.82, 2.24) is 15.5 Å². The predicted molar refractivity (Wildman–Crippen MR) is 77.8 cm³/mol. The molecular weight excluding hydrogens is 258 g/mol. The molecule has 0 aromatic rings. The van der Waals surface area contributed by atoms with Crippen molar-refractivity contribution in [2.75, 3.05) is 20.6 Å². The van der Waals surface area contributed by atoms with Crippen LogP contribution in [-0.4, -0.2) is 53.7 Å². The van der Waals surface area contributed by atoms with Gasteiger partial charge in [-0.3, -0.25) is 4.79 Å². The van der Waals surface area contributed by atoms with Crippen molar-refractivity contribution in [3.05, 3.63) is 0 Å². The Balaban J connectivity index is 2.48. The second-order valence-corrected chi connectivity index (χ2v) is 6.59. The molecular formula is C14H27N3O3. The lowest BCUT2D eigenvalue weighted by Gasteiger charge is -2.37. The Morgan fingerprint density at radius 3 is 2.25 bits per heavy atom. The maximum absolute atomic E-state index is 11.9. The van der Waals surface area contributed by atoms with Gasteiger partial charge in [0.05, 0.1) is 6.42 Å². The number of nitrogens with zero attached hydrogens (tertiary/aromatic N) is 1. The Bertz CT molecular complexity index is 361. The third-order valence-electron chi connectivity index (χ3n) is 4.11. The van der Waals surface area contributed by atoms with Crippen molar-refractivity contribution in [2.45, 2.75) is 57.0 Å². The van der Waals surface area contributed by atoms with E-state index in [0.29, 0.717) is 6.54 Å². The maximum atomic E-state index is 11.9. The van der Waals surface area contributed by atoms with Crippen LogP contribution >= 0.6 is 0 Å². The Morgan fingerprint density at radius 2 is 1.80 bits per heavy atom. The molecule has 6 heteroatoms. The summed E-state index contributed by atoms with van der Waals surface area (Å²) >= 11 is 0. The zero-order valence-electron chi connectivity index (χ0n) is 13.0. The van der Waals surface area contributed by atoms with Gasteiger partial charge in [-0.05, 0) is 40.8 Å². The number of nitrogens with one attached hydrogen (secondary N) is 2. The zero-order valence-corrected chi connectivity index (χ0v) is 13.0. The highest BCUT2D eigenvalue weighted by molar-refractivity contribution is 5.76. The van der Waals surface area contributed by atoms with Crippen LogP contribution in [0.25, 0.3) is 0 Å². The van der Waals surface area contributed by atoms with Crippen LogP contribution in [0.3, 0.4) is 0 Å². The van der Waals surface area contributed by atoms with Crippen LogP contribution in [0.2, 0.25) is 0 Å². The van der Waals surface area contributed by atoms with Crippen LogP contribution in [0.1, 0.15) is 46.0 Å². The molecule has 0 aromatic heterocycles. The van der Waals surface area contributed by atoms with E-state index in [2.05, 4.69) is 15.5 Å². The van der Waals surface area contributed by atoms with Crippen molar-refractivity contribution < 1.29 is 14.7 Å². The fourth-order valence-corrected chi connectivity index (χ4v) is 2.83. The van der Waals surface area contributed by atoms with E-state index in [1.54, 1.807) is 13.8 Å². The summed E-state index contributed by atoms with van der Waals surface area (Å²) < 4.78 is 0. The number of hydrogen-bond donors (Lipinski definition) is 3. The highest BCUT2D eigenvalue weighted by Gasteiger charge is 2.36. The van der Waals surface area contributed by atoms with Gasteiger partial charge in [-0.2, -0.15) is 0 Å². The molecule has 0 aromatic carbocycles. The first kappa shape index (κ1) is 16.8. The maximum Gasteiger partial charge on any atom is 0.315 e. The minimum Gasteiger partial charge on any atom is -0.481 e. The summed E-state index contributed by atoms with van der Waals surface area (Å²) in [7, 11) is 4.08. The summed E-state index contributed by atoms with van der Waals surface area (Å²) in [6.45, 7) is 4.00. The van der Waals surface area contributed by atoms with Crippen LogP contribution in [0, 0.1) is 0 Å². The zero-order chi connectivity index (χ0) is 15.4. The molecule has 3 N–H and O–H groups in total. The standard InChI is InChI=1S/C14H27N3O3/c1-13(2,9-11(18)19)16-12(20)15-10-14(17(3)4)7-5-6-8-14/h5-10H2,1-4H3,(H,18,19)(H2,15,16,20). The SMILES string of the molecule is CN(C)C1(CNC(=O)NC(C)(C)CC(=O)O)CCCC1. The molecule has 0 bridgehead atoms. The lowest BCUT2D eigenvalue weighted by atomic mass is 9.96. The van der Waals surface area contributed by atoms with Gasteiger partial charge < -0.3 is 20.6 Å². The van der Waals surface area contributed by atoms with Gasteiger partial charge in [0.2, 0.25) is 0 Å². The van der Waals surface area contributed by atoms with Crippen LogP contribution in [0.4, 0.5) is 4.79 Å². The minimum absolute atomic E-state index is 0.0360. The van der Waals surface area contributed by atoms with E-state index in [9.17, 15) is 9.59 Å². The number of rotatable bonds is 6. The summed E-state index contributed by atoms with van der Waals surface area (Å²) in [6.07, 6.45) is 4.44. The average Bonchev–Trinajstić information content (AvgIpc) is 2.73. The van der Waals surface area contributed by atoms with Crippen molar-refractivity contribution in [3.8, 4) is 0 Å². The molecule has 0 atom stereocenters. The molecule has 20 heavy (non-hydrogen) atoms. The fourth-order valence-electron chi connectivity index (χ4n) is 2.83. The molecule has 0 radical (unpaired) electrons. The first-order valence-corrected chi connectivity index (χ1v) is 7.12. The number of likely N-dealkylation sites (N-methyl/N-ethyl adjacent to an activating group) is 1. The number of amides is 2. The van der Waals surface area contributed by atoms with E-state index in [4.69, 9.17) is 5.11 Å². The van der Waals surface area contributed by atoms with Crippen LogP contribution < -0.4 is 10.6 Å². The van der Waals surface area contributed by atoms with Gasteiger partial charge in [0.25, 0.3) is 0 Å². The van der Waals surface area contributed by atoms with Crippen molar-refractivity contribution >= 4 is 12.0 Å². The number of carbonyl (C=O) groups is 2. The summed E-state index contributed by atoms with van der Waals surface area (Å²) in [6, 6.07) is -0.302. The summed E-state index contributed by atoms with van der Waals surface area (Å²) in [4.78, 5) is 24.8. The van der Waals surface area contributed by atoms with Crippen molar-refractivity contribution in [2.24, 2.45) is 0 Å². The molecule has 6 nitrogen and oxygen atoms in total. The number of carboxylic acids is 1. The monoisotopic (exact) mass is 285 g/mol. The molecule has 1 aliphatic carbocycles. The fraction of sp³-hybridized carbons (Fsp3) is 0.857. The third kappa shape index (κ3) is 4.67. The smallest absolute Gasteiger partial charge is 0.315 e. The first-order valence-electron chi connectivity index (χ1n) is 7.12. The highest BCUT2D eigenvalue weighted by atomic mass is 16.4. The molecule has 0 saturated heterocycles. The van der Waals surface area contributed by atoms with E-state index < -0.39 is 11.5 Å². The van der Waals surface area contributed by atoms with E-state index in [1.165, 1.54) is 12.8 Å². The Morgan fingerprint density at radius 1 is 1.25 bits per heavy atom. The highest BCUT2D eigenvalue weighted by Crippen LogP contribution is 2.33. The molecule has 0 heterocycles. The van der Waals surface area contributed by atoms with E-state index in [1.807, 2.05) is 14.1 Å². The molecule has 0 spiro atoms. The number of aliphatic carboxylic acids is 1. The van der Waals surface area contributed by atoms with Gasteiger partial charge in [0.1, 0.15) is 0 Å². The summed E-state index contributed by atoms with van der Waals surface area (Å²) in [5.74, 6) is -0.921. The second kappa shape index (κ2) is 6.43. The van der Waals surface area contributed by atoms with Gasteiger partial charge in [-0.1, -0.05) is 12.8 Å². The molecule has 1 rings (SSSR count). The summed E-state index contributed by atoms with van der Waals surface area (Å²) in [5.41, 5.74) is -0.717. The van der Waals surface area contributed by atoms with Crippen LogP contribution in [-0.2, 0) is 4.79 Å². The largest absolute Gasteiger partial charge is 0.481 e. The van der Waals surface area contributed by atoms with Gasteiger partial charge in [-0.15, -0.1) is 0 Å². The molecule has 2 amide bonds. The van der Waals surface area contributed by atoms with Crippen LogP contribution in [0.5, 0.6) is 0 Å². The molecule has 1 saturated carbocycles. The topological polar surface area (TPSA) is 81.7 Å². The van der Waals surface area contributed by atoms with E-state index in [-0.39, 0.29) is 18.0 Å². The third-order valence-corrected chi connectivity index (χ3v) is 4.11. The molecule has 0 unspecified atom stereocenters. The first-order chi connectivity index (χ1) is 9.17. The molecule has 116 valence electrons. The number of carbonyl (C=O) groups excluding carboxylic acids is 1. The van der Waals surface area contributed by atoms with Gasteiger partial charge in [0, 0.05) is 17.6 Å². The van der Waals surface area contributed by atoms with Gasteiger partial charge >= 0.3 is 12.0 Å². The Hall–Kier alpha value is -1.30. The number of hydrogen-bond acceptors (Lipinski definition) is 3. The van der Waals surface area contributed by atoms with E-state index in [0.717, 1.165) is 12.8 Å². The molecule has 1 aliphatic rings. The molecule has 1 fully saturated rings. The lowest BCUT2D eigenvalue weighted by Crippen LogP contribution is -2.55. The summed E-state index contributed by atoms with van der Waals surface area (Å²) in [5, 5.41) is 14.4. The Kier molecular flexibility index (Phi) is 5.39. The molecule has 0 aliphatic heterocycles. The quantitative estimate of drug-likeness (QED) is 0.689. The predicted octanol–water partition coefficient (Wildman–Crippen LogP) is 1.41. The van der Waals surface area contributed by atoms with Crippen LogP contribution in [0.15, 0.2) is 0 Å². The van der Waals surface area contributed by atoms with Crippen molar-refractivity contribution in [3.63, 3.8) is 0 Å². The van der Waals surface area contributed by atoms with Gasteiger partial charge in [-0.25, -0.2) is 4.79 Å². The number of carboxylic acid groups (broad SMARTS) is 1.